The van der Waals surface area contributed by atoms with E-state index in [9.17, 15) is 8.42 Å². The summed E-state index contributed by atoms with van der Waals surface area (Å²) in [6, 6.07) is 23.2. The summed E-state index contributed by atoms with van der Waals surface area (Å²) >= 11 is 12.5. The number of aromatic nitrogens is 3. The number of benzene rings is 3. The van der Waals surface area contributed by atoms with Gasteiger partial charge in [-0.15, -0.1) is 0 Å². The van der Waals surface area contributed by atoms with Crippen LogP contribution in [-0.4, -0.2) is 30.9 Å². The van der Waals surface area contributed by atoms with E-state index in [1.54, 1.807) is 35.0 Å². The van der Waals surface area contributed by atoms with Crippen molar-refractivity contribution in [2.75, 3.05) is 5.32 Å². The molecule has 0 unspecified atom stereocenters. The maximum absolute atomic E-state index is 12.7. The first-order chi connectivity index (χ1) is 17.8. The Morgan fingerprint density at radius 1 is 0.865 bits per heavy atom. The highest BCUT2D eigenvalue weighted by atomic mass is 35.5. The van der Waals surface area contributed by atoms with Gasteiger partial charge in [0.05, 0.1) is 10.7 Å². The highest BCUT2D eigenvalue weighted by Gasteiger charge is 2.17. The van der Waals surface area contributed by atoms with Gasteiger partial charge >= 0.3 is 0 Å². The summed E-state index contributed by atoms with van der Waals surface area (Å²) in [5, 5.41) is 8.48. The average molecular weight is 548 g/mol. The van der Waals surface area contributed by atoms with Gasteiger partial charge in [-0.1, -0.05) is 77.8 Å². The Kier molecular flexibility index (Phi) is 7.21. The van der Waals surface area contributed by atoms with E-state index in [1.807, 2.05) is 48.5 Å². The molecule has 11 heteroatoms. The summed E-state index contributed by atoms with van der Waals surface area (Å²) in [5.74, 6) is 0.682. The largest absolute Gasteiger partial charge is 0.366 e. The highest BCUT2D eigenvalue weighted by molar-refractivity contribution is 7.89. The molecule has 0 bridgehead atoms. The molecule has 0 saturated carbocycles. The lowest BCUT2D eigenvalue weighted by Gasteiger charge is -2.13. The maximum Gasteiger partial charge on any atom is 0.242 e. The van der Waals surface area contributed by atoms with Crippen molar-refractivity contribution in [2.45, 2.75) is 18.0 Å². The van der Waals surface area contributed by atoms with Gasteiger partial charge in [-0.3, -0.25) is 0 Å². The van der Waals surface area contributed by atoms with Gasteiger partial charge < -0.3 is 5.32 Å². The van der Waals surface area contributed by atoms with E-state index in [0.717, 1.165) is 16.7 Å². The molecule has 2 aromatic heterocycles. The monoisotopic (exact) mass is 547 g/mol. The molecule has 2 N–H and O–H groups in total. The first kappa shape index (κ1) is 25.3. The number of fused-ring (bicyclic) bond motifs is 1. The van der Waals surface area contributed by atoms with Crippen molar-refractivity contribution >= 4 is 58.0 Å². The van der Waals surface area contributed by atoms with Crippen molar-refractivity contribution in [1.29, 1.82) is 0 Å². The predicted molar refractivity (Wildman–Crippen MR) is 148 cm³/mol. The molecule has 3 aromatic carbocycles. The van der Waals surface area contributed by atoms with Crippen LogP contribution in [0.3, 0.4) is 0 Å². The zero-order valence-electron chi connectivity index (χ0n) is 19.4. The lowest BCUT2D eigenvalue weighted by atomic mass is 10.0. The fraction of sp³-hybridized carbons (Fsp3) is 0.0769. The Labute approximate surface area is 225 Å². The van der Waals surface area contributed by atoms with Crippen LogP contribution in [0.15, 0.2) is 90.0 Å². The molecule has 0 atom stereocenters. The van der Waals surface area contributed by atoms with E-state index in [0.29, 0.717) is 34.2 Å². The summed E-state index contributed by atoms with van der Waals surface area (Å²) in [6.07, 6.45) is 1.55. The van der Waals surface area contributed by atoms with Crippen LogP contribution in [-0.2, 0) is 23.1 Å². The van der Waals surface area contributed by atoms with Crippen LogP contribution in [0.2, 0.25) is 10.0 Å². The third-order valence-electron chi connectivity index (χ3n) is 5.71. The highest BCUT2D eigenvalue weighted by Crippen LogP contribution is 2.28. The van der Waals surface area contributed by atoms with Crippen molar-refractivity contribution in [2.24, 2.45) is 0 Å². The molecule has 7 nitrogen and oxygen atoms in total. The van der Waals surface area contributed by atoms with Gasteiger partial charge in [0, 0.05) is 35.9 Å². The predicted octanol–water partition coefficient (Wildman–Crippen LogP) is 4.59. The van der Waals surface area contributed by atoms with Crippen molar-refractivity contribution < 1.29 is 8.42 Å². The molecule has 0 aliphatic carbocycles. The molecular formula is C26H20BCl2N5O2S. The van der Waals surface area contributed by atoms with Crippen molar-refractivity contribution in [3.05, 3.63) is 106 Å². The van der Waals surface area contributed by atoms with E-state index in [-0.39, 0.29) is 16.5 Å². The minimum absolute atomic E-state index is 0.0454. The second kappa shape index (κ2) is 10.6. The Bertz CT molecular complexity index is 1710. The number of hydrogen-bond acceptors (Lipinski definition) is 5. The SMILES string of the molecule is [B]c1cnn2c(NCc3cccc(CNS(=O)(=O)c4ccccc4Cl)c3)cc(-c3ccccc3Cl)nc12. The molecule has 5 rings (SSSR count). The number of hydrogen-bond donors (Lipinski definition) is 2. The van der Waals surface area contributed by atoms with Gasteiger partial charge in [-0.2, -0.15) is 9.61 Å². The quantitative estimate of drug-likeness (QED) is 0.277. The second-order valence-corrected chi connectivity index (χ2v) is 10.8. The zero-order chi connectivity index (χ0) is 26.0. The van der Waals surface area contributed by atoms with E-state index in [2.05, 4.69) is 20.1 Å². The van der Waals surface area contributed by atoms with Gasteiger partial charge in [0.2, 0.25) is 10.0 Å². The molecule has 37 heavy (non-hydrogen) atoms. The molecule has 184 valence electrons. The van der Waals surface area contributed by atoms with Crippen LogP contribution >= 0.6 is 23.2 Å². The molecule has 0 amide bonds. The fourth-order valence-electron chi connectivity index (χ4n) is 3.87. The molecule has 0 spiro atoms. The molecule has 2 heterocycles. The van der Waals surface area contributed by atoms with Gasteiger partial charge in [0.1, 0.15) is 18.6 Å². The minimum Gasteiger partial charge on any atom is -0.366 e. The Hall–Kier alpha value is -3.37. The molecule has 0 aliphatic heterocycles. The number of anilines is 1. The smallest absolute Gasteiger partial charge is 0.242 e. The van der Waals surface area contributed by atoms with Gasteiger partial charge in [0.15, 0.2) is 5.65 Å². The molecule has 0 aliphatic rings. The van der Waals surface area contributed by atoms with Gasteiger partial charge in [0.25, 0.3) is 0 Å². The van der Waals surface area contributed by atoms with Gasteiger partial charge in [-0.05, 0) is 34.8 Å². The van der Waals surface area contributed by atoms with Gasteiger partial charge in [-0.25, -0.2) is 18.1 Å². The first-order valence-electron chi connectivity index (χ1n) is 11.3. The van der Waals surface area contributed by atoms with Crippen molar-refractivity contribution in [3.63, 3.8) is 0 Å². The summed E-state index contributed by atoms with van der Waals surface area (Å²) in [4.78, 5) is 4.70. The van der Waals surface area contributed by atoms with Crippen LogP contribution in [0.25, 0.3) is 16.9 Å². The topological polar surface area (TPSA) is 88.4 Å². The van der Waals surface area contributed by atoms with E-state index in [4.69, 9.17) is 31.0 Å². The Balaban J connectivity index is 1.36. The number of nitrogens with one attached hydrogen (secondary N) is 2. The number of halogens is 2. The molecule has 0 saturated heterocycles. The van der Waals surface area contributed by atoms with E-state index >= 15 is 0 Å². The molecule has 0 fully saturated rings. The van der Waals surface area contributed by atoms with Crippen LogP contribution in [0.5, 0.6) is 0 Å². The Morgan fingerprint density at radius 2 is 1.57 bits per heavy atom. The number of rotatable bonds is 8. The van der Waals surface area contributed by atoms with Crippen LogP contribution in [0.4, 0.5) is 5.82 Å². The maximum atomic E-state index is 12.7. The zero-order valence-corrected chi connectivity index (χ0v) is 21.7. The van der Waals surface area contributed by atoms with Crippen molar-refractivity contribution in [1.82, 2.24) is 19.3 Å². The lowest BCUT2D eigenvalue weighted by Crippen LogP contribution is -2.23. The summed E-state index contributed by atoms with van der Waals surface area (Å²) in [7, 11) is 2.35. The third kappa shape index (κ3) is 5.50. The number of nitrogens with zero attached hydrogens (tertiary/aromatic N) is 3. The normalized spacial score (nSPS) is 11.6. The van der Waals surface area contributed by atoms with Crippen molar-refractivity contribution in [3.8, 4) is 11.3 Å². The summed E-state index contributed by atoms with van der Waals surface area (Å²) < 4.78 is 29.6. The van der Waals surface area contributed by atoms with Crippen LogP contribution in [0, 0.1) is 0 Å². The summed E-state index contributed by atoms with van der Waals surface area (Å²) in [6.45, 7) is 0.569. The Morgan fingerprint density at radius 3 is 2.32 bits per heavy atom. The molecule has 5 aromatic rings. The molecular weight excluding hydrogens is 528 g/mol. The molecule has 2 radical (unpaired) electrons. The third-order valence-corrected chi connectivity index (χ3v) is 7.94. The standard InChI is InChI=1S/C26H20BCl2N5O2S/c27-20-16-31-34-25(13-23(33-26(20)34)19-8-1-2-9-21(19)28)30-14-17-6-5-7-18(12-17)15-32-37(35,36)24-11-4-3-10-22(24)29/h1-13,16,30,32H,14-15H2. The first-order valence-corrected chi connectivity index (χ1v) is 13.5. The fourth-order valence-corrected chi connectivity index (χ4v) is 5.64. The van der Waals surface area contributed by atoms with Crippen LogP contribution in [0.1, 0.15) is 11.1 Å². The van der Waals surface area contributed by atoms with E-state index in [1.165, 1.54) is 6.07 Å². The van der Waals surface area contributed by atoms with E-state index < -0.39 is 10.0 Å². The lowest BCUT2D eigenvalue weighted by molar-refractivity contribution is 0.581. The van der Waals surface area contributed by atoms with Crippen LogP contribution < -0.4 is 15.5 Å². The average Bonchev–Trinajstić information content (AvgIpc) is 3.27. The summed E-state index contributed by atoms with van der Waals surface area (Å²) in [5.41, 5.74) is 4.15. The minimum atomic E-state index is -3.75. The second-order valence-electron chi connectivity index (χ2n) is 8.27. The number of sulfonamides is 1.